The van der Waals surface area contributed by atoms with Crippen LogP contribution in [0, 0.1) is 36.0 Å². The molecule has 0 heterocycles. The van der Waals surface area contributed by atoms with Crippen molar-refractivity contribution in [3.8, 4) is 35.7 Å². The molecule has 5 nitrogen and oxygen atoms in total. The maximum absolute atomic E-state index is 5.98. The average molecular weight is 474 g/mol. The van der Waals surface area contributed by atoms with E-state index in [1.54, 1.807) is 0 Å². The summed E-state index contributed by atoms with van der Waals surface area (Å²) in [6, 6.07) is 11.4. The van der Waals surface area contributed by atoms with Crippen LogP contribution in [0.15, 0.2) is 46.7 Å². The first-order valence-corrected chi connectivity index (χ1v) is 12.6. The molecule has 0 bridgehead atoms. The summed E-state index contributed by atoms with van der Waals surface area (Å²) < 4.78 is 11.9. The molecule has 0 aromatic heterocycles. The summed E-state index contributed by atoms with van der Waals surface area (Å²) in [6.45, 7) is 15.6. The first-order chi connectivity index (χ1) is 16.9. The Labute approximate surface area is 211 Å². The van der Waals surface area contributed by atoms with Gasteiger partial charge in [0, 0.05) is 30.3 Å². The molecular formula is C30H39N3O2. The van der Waals surface area contributed by atoms with Crippen molar-refractivity contribution in [2.45, 2.75) is 54.4 Å². The van der Waals surface area contributed by atoms with Crippen molar-refractivity contribution in [3.05, 3.63) is 53.1 Å². The van der Waals surface area contributed by atoms with Gasteiger partial charge in [-0.15, -0.1) is 11.5 Å². The highest BCUT2D eigenvalue weighted by Gasteiger charge is 2.07. The lowest BCUT2D eigenvalue weighted by Crippen LogP contribution is -2.14. The fourth-order valence-corrected chi connectivity index (χ4v) is 2.94. The summed E-state index contributed by atoms with van der Waals surface area (Å²) in [7, 11) is 0. The fourth-order valence-electron chi connectivity index (χ4n) is 2.94. The van der Waals surface area contributed by atoms with Gasteiger partial charge in [-0.1, -0.05) is 63.5 Å². The van der Waals surface area contributed by atoms with E-state index in [0.717, 1.165) is 54.1 Å². The van der Waals surface area contributed by atoms with Gasteiger partial charge in [0.2, 0.25) is 0 Å². The number of benzene rings is 2. The Kier molecular flexibility index (Phi) is 11.7. The van der Waals surface area contributed by atoms with Crippen molar-refractivity contribution in [3.63, 3.8) is 0 Å². The Balaban J connectivity index is 2.39. The Morgan fingerprint density at radius 1 is 0.800 bits per heavy atom. The molecule has 0 unspecified atom stereocenters. The van der Waals surface area contributed by atoms with Crippen LogP contribution in [0.2, 0.25) is 0 Å². The second-order valence-corrected chi connectivity index (χ2v) is 8.76. The lowest BCUT2D eigenvalue weighted by molar-refractivity contribution is 0.256. The van der Waals surface area contributed by atoms with Crippen molar-refractivity contribution >= 4 is 5.69 Å². The summed E-state index contributed by atoms with van der Waals surface area (Å²) in [4.78, 5) is 0. The van der Waals surface area contributed by atoms with E-state index in [1.165, 1.54) is 0 Å². The largest absolute Gasteiger partial charge is 0.493 e. The molecule has 0 spiro atoms. The third-order valence-electron chi connectivity index (χ3n) is 5.92. The molecule has 2 rings (SSSR count). The smallest absolute Gasteiger partial charge is 0.121 e. The highest BCUT2D eigenvalue weighted by atomic mass is 16.5. The predicted molar refractivity (Wildman–Crippen MR) is 144 cm³/mol. The molecule has 186 valence electrons. The third kappa shape index (κ3) is 9.02. The van der Waals surface area contributed by atoms with Crippen LogP contribution >= 0.6 is 0 Å². The molecule has 2 aromatic rings. The predicted octanol–water partition coefficient (Wildman–Crippen LogP) is 7.26. The fraction of sp³-hybridized carbons (Fsp3) is 0.467. The van der Waals surface area contributed by atoms with Crippen LogP contribution in [0.5, 0.6) is 11.5 Å². The summed E-state index contributed by atoms with van der Waals surface area (Å²) in [6.07, 6.45) is 7.86. The minimum absolute atomic E-state index is 0.479. The van der Waals surface area contributed by atoms with Gasteiger partial charge < -0.3 is 9.47 Å². The summed E-state index contributed by atoms with van der Waals surface area (Å²) in [5, 5.41) is 10.8. The highest BCUT2D eigenvalue weighted by molar-refractivity contribution is 5.61. The highest BCUT2D eigenvalue weighted by Crippen LogP contribution is 2.27. The van der Waals surface area contributed by atoms with Gasteiger partial charge in [-0.05, 0) is 56.0 Å². The van der Waals surface area contributed by atoms with Crippen LogP contribution in [0.3, 0.4) is 0 Å². The van der Waals surface area contributed by atoms with E-state index in [-0.39, 0.29) is 0 Å². The molecular weight excluding hydrogens is 434 g/mol. The van der Waals surface area contributed by atoms with E-state index in [2.05, 4.69) is 55.8 Å². The number of ether oxygens (including phenoxy) is 2. The molecule has 0 amide bonds. The molecule has 2 atom stereocenters. The standard InChI is InChI=1S/C30H39N3O2/c1-8-23(6)21-34-28-17-15-25(10-3)27(19-28)14-13-26-16-18-29(35-22-24(7)9-2)20-30(26)31-32-33(11-4)12-5/h3,15-20,23-24H,8-9,11-12,21-22H2,1-2,4-7H3/t23-,24-/m0/s1. The van der Waals surface area contributed by atoms with Crippen LogP contribution < -0.4 is 9.47 Å². The number of hydrogen-bond donors (Lipinski definition) is 0. The van der Waals surface area contributed by atoms with Gasteiger partial charge in [0.1, 0.15) is 17.2 Å². The van der Waals surface area contributed by atoms with E-state index in [4.69, 9.17) is 15.9 Å². The summed E-state index contributed by atoms with van der Waals surface area (Å²) in [5.41, 5.74) is 2.90. The van der Waals surface area contributed by atoms with E-state index in [0.29, 0.717) is 30.7 Å². The number of nitrogens with zero attached hydrogens (tertiary/aromatic N) is 3. The van der Waals surface area contributed by atoms with Crippen molar-refractivity contribution < 1.29 is 9.47 Å². The molecule has 0 radical (unpaired) electrons. The minimum atomic E-state index is 0.479. The van der Waals surface area contributed by atoms with Gasteiger partial charge in [-0.25, -0.2) is 0 Å². The second-order valence-electron chi connectivity index (χ2n) is 8.76. The Morgan fingerprint density at radius 2 is 1.34 bits per heavy atom. The topological polar surface area (TPSA) is 46.4 Å². The second kappa shape index (κ2) is 14.7. The van der Waals surface area contributed by atoms with Crippen LogP contribution in [0.4, 0.5) is 5.69 Å². The van der Waals surface area contributed by atoms with Crippen molar-refractivity contribution in [1.82, 2.24) is 5.01 Å². The molecule has 0 saturated heterocycles. The lowest BCUT2D eigenvalue weighted by atomic mass is 10.1. The normalized spacial score (nSPS) is 12.4. The molecule has 0 aliphatic rings. The average Bonchev–Trinajstić information content (AvgIpc) is 2.90. The molecule has 0 fully saturated rings. The SMILES string of the molecule is C#Cc1ccc(OC[C@@H](C)CC)cc1C#Cc1ccc(OC[C@@H](C)CC)cc1N=NN(CC)CC. The summed E-state index contributed by atoms with van der Waals surface area (Å²) in [5.74, 6) is 11.7. The maximum atomic E-state index is 5.98. The van der Waals surface area contributed by atoms with Crippen molar-refractivity contribution in [1.29, 1.82) is 0 Å². The number of terminal acetylenes is 1. The molecule has 0 saturated carbocycles. The van der Waals surface area contributed by atoms with Crippen molar-refractivity contribution in [2.24, 2.45) is 22.2 Å². The van der Waals surface area contributed by atoms with E-state index >= 15 is 0 Å². The van der Waals surface area contributed by atoms with Gasteiger partial charge >= 0.3 is 0 Å². The first kappa shape index (κ1) is 27.8. The Bertz CT molecular complexity index is 1070. The monoisotopic (exact) mass is 473 g/mol. The zero-order valence-electron chi connectivity index (χ0n) is 22.1. The molecule has 5 heteroatoms. The lowest BCUT2D eigenvalue weighted by Gasteiger charge is -2.13. The molecule has 0 aliphatic heterocycles. The van der Waals surface area contributed by atoms with Crippen LogP contribution in [-0.2, 0) is 0 Å². The van der Waals surface area contributed by atoms with Crippen LogP contribution in [0.1, 0.15) is 71.1 Å². The van der Waals surface area contributed by atoms with Gasteiger partial charge in [-0.2, -0.15) is 0 Å². The van der Waals surface area contributed by atoms with Gasteiger partial charge in [0.05, 0.1) is 18.8 Å². The zero-order chi connectivity index (χ0) is 25.6. The van der Waals surface area contributed by atoms with Crippen LogP contribution in [-0.4, -0.2) is 31.3 Å². The molecule has 0 aliphatic carbocycles. The molecule has 2 aromatic carbocycles. The van der Waals surface area contributed by atoms with E-state index in [9.17, 15) is 0 Å². The van der Waals surface area contributed by atoms with Gasteiger partial charge in [0.25, 0.3) is 0 Å². The maximum Gasteiger partial charge on any atom is 0.121 e. The quantitative estimate of drug-likeness (QED) is 0.185. The first-order valence-electron chi connectivity index (χ1n) is 12.6. The number of rotatable bonds is 12. The van der Waals surface area contributed by atoms with Gasteiger partial charge in [0.15, 0.2) is 0 Å². The Morgan fingerprint density at radius 3 is 1.89 bits per heavy atom. The zero-order valence-corrected chi connectivity index (χ0v) is 22.1. The summed E-state index contributed by atoms with van der Waals surface area (Å²) >= 11 is 0. The minimum Gasteiger partial charge on any atom is -0.493 e. The molecule has 0 N–H and O–H groups in total. The van der Waals surface area contributed by atoms with Gasteiger partial charge in [-0.3, -0.25) is 5.01 Å². The Hall–Kier alpha value is -3.44. The number of hydrogen-bond acceptors (Lipinski definition) is 4. The molecule has 35 heavy (non-hydrogen) atoms. The van der Waals surface area contributed by atoms with Crippen LogP contribution in [0.25, 0.3) is 0 Å². The van der Waals surface area contributed by atoms with E-state index < -0.39 is 0 Å². The van der Waals surface area contributed by atoms with Crippen molar-refractivity contribution in [2.75, 3.05) is 26.3 Å². The third-order valence-corrected chi connectivity index (χ3v) is 5.92. The van der Waals surface area contributed by atoms with E-state index in [1.807, 2.05) is 55.3 Å².